The third-order valence-corrected chi connectivity index (χ3v) is 3.56. The number of anilines is 1. The van der Waals surface area contributed by atoms with Crippen molar-refractivity contribution in [1.82, 2.24) is 5.32 Å². The average molecular weight is 328 g/mol. The zero-order chi connectivity index (χ0) is 15.4. The van der Waals surface area contributed by atoms with E-state index in [0.29, 0.717) is 25.4 Å². The normalized spacial score (nSPS) is 17.1. The number of nitrogens with zero attached hydrogens (tertiary/aromatic N) is 1. The molecule has 1 aliphatic heterocycles. The number of methoxy groups -OCH3 is 1. The van der Waals surface area contributed by atoms with E-state index in [4.69, 9.17) is 10.5 Å². The third kappa shape index (κ3) is 3.90. The molecule has 0 aromatic heterocycles. The molecule has 1 aromatic carbocycles. The summed E-state index contributed by atoms with van der Waals surface area (Å²) in [6.07, 6.45) is 0.216. The lowest BCUT2D eigenvalue weighted by molar-refractivity contribution is -0.126. The number of hydrogen-bond donors (Lipinski definition) is 2. The van der Waals surface area contributed by atoms with Gasteiger partial charge in [0.05, 0.1) is 18.7 Å². The van der Waals surface area contributed by atoms with Crippen LogP contribution < -0.4 is 20.7 Å². The molecule has 2 amide bonds. The van der Waals surface area contributed by atoms with Gasteiger partial charge < -0.3 is 20.7 Å². The number of carbonyl (C=O) groups excluding carboxylic acids is 2. The summed E-state index contributed by atoms with van der Waals surface area (Å²) < 4.78 is 5.31. The van der Waals surface area contributed by atoms with Crippen LogP contribution in [0.4, 0.5) is 5.69 Å². The van der Waals surface area contributed by atoms with Gasteiger partial charge in [-0.2, -0.15) is 0 Å². The van der Waals surface area contributed by atoms with Gasteiger partial charge in [0.2, 0.25) is 11.8 Å². The summed E-state index contributed by atoms with van der Waals surface area (Å²) in [6, 6.07) is 5.66. The molecule has 2 rings (SSSR count). The first-order valence-corrected chi connectivity index (χ1v) is 6.99. The minimum atomic E-state index is -0.339. The summed E-state index contributed by atoms with van der Waals surface area (Å²) in [5.74, 6) is 0.112. The highest BCUT2D eigenvalue weighted by Gasteiger charge is 2.36. The number of halogens is 1. The van der Waals surface area contributed by atoms with Crippen molar-refractivity contribution in [2.24, 2.45) is 11.7 Å². The fourth-order valence-corrected chi connectivity index (χ4v) is 2.47. The van der Waals surface area contributed by atoms with Gasteiger partial charge in [-0.05, 0) is 24.6 Å². The Balaban J connectivity index is 0.00000242. The predicted octanol–water partition coefficient (Wildman–Crippen LogP) is 0.853. The summed E-state index contributed by atoms with van der Waals surface area (Å²) >= 11 is 0. The van der Waals surface area contributed by atoms with Crippen LogP contribution in [0.1, 0.15) is 12.0 Å². The molecule has 22 heavy (non-hydrogen) atoms. The van der Waals surface area contributed by atoms with Gasteiger partial charge in [0.25, 0.3) is 0 Å². The lowest BCUT2D eigenvalue weighted by Crippen LogP contribution is -2.35. The highest BCUT2D eigenvalue weighted by Crippen LogP contribution is 2.33. The molecule has 122 valence electrons. The number of amides is 2. The first kappa shape index (κ1) is 18.3. The second-order valence-corrected chi connectivity index (χ2v) is 5.16. The molecule has 0 aliphatic carbocycles. The molecule has 1 saturated heterocycles. The van der Waals surface area contributed by atoms with Crippen molar-refractivity contribution < 1.29 is 14.3 Å². The van der Waals surface area contributed by atoms with E-state index < -0.39 is 0 Å². The average Bonchev–Trinajstić information content (AvgIpc) is 2.86. The lowest BCUT2D eigenvalue weighted by Gasteiger charge is -2.20. The van der Waals surface area contributed by atoms with Crippen LogP contribution in [-0.4, -0.2) is 38.6 Å². The number of rotatable bonds is 5. The number of aryl methyl sites for hydroxylation is 1. The standard InChI is InChI=1S/C15H21N3O3.ClH/c1-10-3-4-13(21-2)12(7-10)18-9-11(8-14(18)19)15(20)17-6-5-16;/h3-4,7,11H,5-6,8-9,16H2,1-2H3,(H,17,20);1H. The number of ether oxygens (including phenoxy) is 1. The zero-order valence-electron chi connectivity index (χ0n) is 12.8. The third-order valence-electron chi connectivity index (χ3n) is 3.56. The maximum absolute atomic E-state index is 12.2. The molecule has 1 aliphatic rings. The predicted molar refractivity (Wildman–Crippen MR) is 87.5 cm³/mol. The van der Waals surface area contributed by atoms with Gasteiger partial charge in [-0.25, -0.2) is 0 Å². The molecule has 1 atom stereocenters. The summed E-state index contributed by atoms with van der Waals surface area (Å²) in [5.41, 5.74) is 7.12. The maximum atomic E-state index is 12.2. The van der Waals surface area contributed by atoms with Crippen molar-refractivity contribution >= 4 is 29.9 Å². The highest BCUT2D eigenvalue weighted by molar-refractivity contribution is 6.01. The van der Waals surface area contributed by atoms with Crippen LogP contribution in [0, 0.1) is 12.8 Å². The molecular weight excluding hydrogens is 306 g/mol. The Morgan fingerprint density at radius 3 is 2.86 bits per heavy atom. The molecule has 3 N–H and O–H groups in total. The first-order chi connectivity index (χ1) is 10.1. The SMILES string of the molecule is COc1ccc(C)cc1N1CC(C(=O)NCCN)CC1=O.Cl. The van der Waals surface area contributed by atoms with Crippen LogP contribution in [0.2, 0.25) is 0 Å². The summed E-state index contributed by atoms with van der Waals surface area (Å²) in [5, 5.41) is 2.73. The van der Waals surface area contributed by atoms with Crippen LogP contribution >= 0.6 is 12.4 Å². The summed E-state index contributed by atoms with van der Waals surface area (Å²) in [6.45, 7) is 3.14. The Morgan fingerprint density at radius 2 is 2.23 bits per heavy atom. The van der Waals surface area contributed by atoms with Gasteiger partial charge in [0, 0.05) is 26.1 Å². The van der Waals surface area contributed by atoms with Gasteiger partial charge in [0.1, 0.15) is 5.75 Å². The molecule has 1 unspecified atom stereocenters. The van der Waals surface area contributed by atoms with E-state index in [1.165, 1.54) is 0 Å². The zero-order valence-corrected chi connectivity index (χ0v) is 13.6. The van der Waals surface area contributed by atoms with Crippen molar-refractivity contribution in [3.8, 4) is 5.75 Å². The quantitative estimate of drug-likeness (QED) is 0.840. The van der Waals surface area contributed by atoms with Crippen LogP contribution in [0.3, 0.4) is 0 Å². The van der Waals surface area contributed by atoms with Crippen LogP contribution in [0.25, 0.3) is 0 Å². The van der Waals surface area contributed by atoms with E-state index in [-0.39, 0.29) is 36.6 Å². The Kier molecular flexibility index (Phi) is 6.64. The smallest absolute Gasteiger partial charge is 0.227 e. The van der Waals surface area contributed by atoms with Crippen LogP contribution in [-0.2, 0) is 9.59 Å². The van der Waals surface area contributed by atoms with Crippen molar-refractivity contribution in [3.63, 3.8) is 0 Å². The molecule has 7 heteroatoms. The molecule has 1 heterocycles. The number of carbonyl (C=O) groups is 2. The number of nitrogens with two attached hydrogens (primary N) is 1. The number of benzene rings is 1. The van der Waals surface area contributed by atoms with Gasteiger partial charge in [-0.1, -0.05) is 6.07 Å². The Hall–Kier alpha value is -1.79. The Labute approximate surface area is 136 Å². The fourth-order valence-electron chi connectivity index (χ4n) is 2.47. The second-order valence-electron chi connectivity index (χ2n) is 5.16. The van der Waals surface area contributed by atoms with Crippen molar-refractivity contribution in [1.29, 1.82) is 0 Å². The maximum Gasteiger partial charge on any atom is 0.227 e. The molecule has 0 spiro atoms. The number of hydrogen-bond acceptors (Lipinski definition) is 4. The van der Waals surface area contributed by atoms with Gasteiger partial charge >= 0.3 is 0 Å². The van der Waals surface area contributed by atoms with E-state index in [0.717, 1.165) is 11.3 Å². The van der Waals surface area contributed by atoms with Crippen molar-refractivity contribution in [2.45, 2.75) is 13.3 Å². The minimum absolute atomic E-state index is 0. The lowest BCUT2D eigenvalue weighted by atomic mass is 10.1. The van der Waals surface area contributed by atoms with Gasteiger partial charge in [-0.3, -0.25) is 9.59 Å². The molecule has 1 aromatic rings. The summed E-state index contributed by atoms with van der Waals surface area (Å²) in [7, 11) is 1.57. The highest BCUT2D eigenvalue weighted by atomic mass is 35.5. The monoisotopic (exact) mass is 327 g/mol. The van der Waals surface area contributed by atoms with E-state index in [2.05, 4.69) is 5.32 Å². The van der Waals surface area contributed by atoms with Gasteiger partial charge in [0.15, 0.2) is 0 Å². The molecule has 1 fully saturated rings. The summed E-state index contributed by atoms with van der Waals surface area (Å²) in [4.78, 5) is 25.8. The van der Waals surface area contributed by atoms with Crippen molar-refractivity contribution in [2.75, 3.05) is 31.6 Å². The minimum Gasteiger partial charge on any atom is -0.495 e. The van der Waals surface area contributed by atoms with E-state index >= 15 is 0 Å². The second kappa shape index (κ2) is 8.00. The molecule has 0 radical (unpaired) electrons. The Morgan fingerprint density at radius 1 is 1.50 bits per heavy atom. The van der Waals surface area contributed by atoms with Crippen molar-refractivity contribution in [3.05, 3.63) is 23.8 Å². The Bertz CT molecular complexity index is 551. The largest absolute Gasteiger partial charge is 0.495 e. The molecular formula is C15H22ClN3O3. The van der Waals surface area contributed by atoms with Crippen LogP contribution in [0.15, 0.2) is 18.2 Å². The fraction of sp³-hybridized carbons (Fsp3) is 0.467. The van der Waals surface area contributed by atoms with Gasteiger partial charge in [-0.15, -0.1) is 12.4 Å². The molecule has 0 bridgehead atoms. The van der Waals surface area contributed by atoms with E-state index in [1.807, 2.05) is 25.1 Å². The van der Waals surface area contributed by atoms with E-state index in [1.54, 1.807) is 12.0 Å². The topological polar surface area (TPSA) is 84.7 Å². The van der Waals surface area contributed by atoms with E-state index in [9.17, 15) is 9.59 Å². The molecule has 0 saturated carbocycles. The first-order valence-electron chi connectivity index (χ1n) is 6.99. The molecule has 6 nitrogen and oxygen atoms in total. The number of nitrogens with one attached hydrogen (secondary N) is 1. The van der Waals surface area contributed by atoms with Crippen LogP contribution in [0.5, 0.6) is 5.75 Å².